The number of unbranched alkanes of at least 4 members (excludes halogenated alkanes) is 2. The number of carbonyl (C=O) groups is 2. The molecule has 1 fully saturated rings. The van der Waals surface area contributed by atoms with E-state index in [0.717, 1.165) is 24.6 Å². The van der Waals surface area contributed by atoms with Gasteiger partial charge in [-0.3, -0.25) is 10.1 Å². The maximum absolute atomic E-state index is 13.5. The summed E-state index contributed by atoms with van der Waals surface area (Å²) in [6.45, 7) is 2.27. The van der Waals surface area contributed by atoms with Gasteiger partial charge >= 0.3 is 6.03 Å². The molecule has 0 unspecified atom stereocenters. The number of nitrogens with zero attached hydrogens (tertiary/aromatic N) is 1. The van der Waals surface area contributed by atoms with E-state index in [0.29, 0.717) is 16.7 Å². The van der Waals surface area contributed by atoms with Crippen LogP contribution in [0.1, 0.15) is 31.7 Å². The van der Waals surface area contributed by atoms with Crippen molar-refractivity contribution < 1.29 is 23.8 Å². The number of nitrogens with one attached hydrogen (secondary N) is 2. The van der Waals surface area contributed by atoms with Gasteiger partial charge < -0.3 is 19.7 Å². The fraction of sp³-hybridized carbons (Fsp3) is 0.280. The predicted octanol–water partition coefficient (Wildman–Crippen LogP) is 3.79. The van der Waals surface area contributed by atoms with Crippen molar-refractivity contribution in [2.45, 2.75) is 38.3 Å². The molecule has 3 N–H and O–H groups in total. The molecular weight excluding hydrogens is 425 g/mol. The molecule has 1 saturated heterocycles. The second-order valence-electron chi connectivity index (χ2n) is 7.90. The Morgan fingerprint density at radius 2 is 1.94 bits per heavy atom. The third-order valence-electron chi connectivity index (χ3n) is 5.61. The van der Waals surface area contributed by atoms with Crippen LogP contribution in [-0.4, -0.2) is 28.2 Å². The van der Waals surface area contributed by atoms with E-state index >= 15 is 0 Å². The smallest absolute Gasteiger partial charge is 0.322 e. The van der Waals surface area contributed by atoms with Gasteiger partial charge in [0, 0.05) is 23.4 Å². The number of amides is 3. The third kappa shape index (κ3) is 4.48. The summed E-state index contributed by atoms with van der Waals surface area (Å²) in [6.07, 6.45) is 4.67. The molecule has 0 spiro atoms. The lowest BCUT2D eigenvalue weighted by Gasteiger charge is -2.27. The van der Waals surface area contributed by atoms with Gasteiger partial charge in [-0.15, -0.1) is 0 Å². The largest absolute Gasteiger partial charge is 0.494 e. The number of aromatic hydroxyl groups is 1. The van der Waals surface area contributed by atoms with Gasteiger partial charge in [-0.05, 0) is 42.3 Å². The van der Waals surface area contributed by atoms with E-state index in [4.69, 9.17) is 4.74 Å². The lowest BCUT2D eigenvalue weighted by molar-refractivity contribution is -0.124. The minimum Gasteiger partial charge on any atom is -0.494 e. The second-order valence-corrected chi connectivity index (χ2v) is 7.90. The monoisotopic (exact) mass is 449 g/mol. The number of hydrogen-bond acceptors (Lipinski definition) is 4. The molecule has 0 bridgehead atoms. The number of ether oxygens (including phenoxy) is 1. The highest BCUT2D eigenvalue weighted by Gasteiger charge is 2.48. The van der Waals surface area contributed by atoms with Crippen molar-refractivity contribution in [3.8, 4) is 23.5 Å². The topological polar surface area (TPSA) is 92.6 Å². The first-order chi connectivity index (χ1) is 15.9. The maximum atomic E-state index is 13.5. The summed E-state index contributed by atoms with van der Waals surface area (Å²) >= 11 is 0. The van der Waals surface area contributed by atoms with Gasteiger partial charge in [0.1, 0.15) is 18.2 Å². The molecule has 170 valence electrons. The molecule has 3 amide bonds. The minimum absolute atomic E-state index is 0.0834. The van der Waals surface area contributed by atoms with Crippen molar-refractivity contribution in [1.82, 2.24) is 15.2 Å². The molecule has 0 aliphatic carbocycles. The van der Waals surface area contributed by atoms with Gasteiger partial charge in [-0.1, -0.05) is 37.3 Å². The molecule has 2 heterocycles. The lowest BCUT2D eigenvalue weighted by Crippen LogP contribution is -2.47. The van der Waals surface area contributed by atoms with Crippen molar-refractivity contribution >= 4 is 22.7 Å². The van der Waals surface area contributed by atoms with E-state index in [-0.39, 0.29) is 19.0 Å². The molecule has 0 radical (unpaired) electrons. The van der Waals surface area contributed by atoms with Crippen LogP contribution >= 0.6 is 0 Å². The van der Waals surface area contributed by atoms with E-state index in [1.807, 2.05) is 0 Å². The van der Waals surface area contributed by atoms with Crippen LogP contribution in [0.5, 0.6) is 11.6 Å². The highest BCUT2D eigenvalue weighted by molar-refractivity contribution is 6.07. The lowest BCUT2D eigenvalue weighted by atomic mass is 9.89. The normalized spacial score (nSPS) is 17.4. The van der Waals surface area contributed by atoms with Crippen LogP contribution in [0.4, 0.5) is 9.18 Å². The summed E-state index contributed by atoms with van der Waals surface area (Å²) in [5, 5.41) is 17.0. The molecule has 0 saturated carbocycles. The predicted molar refractivity (Wildman–Crippen MR) is 121 cm³/mol. The van der Waals surface area contributed by atoms with Gasteiger partial charge in [-0.25, -0.2) is 9.18 Å². The Balaban J connectivity index is 1.61. The molecule has 1 aliphatic heterocycles. The van der Waals surface area contributed by atoms with Crippen LogP contribution in [0.25, 0.3) is 10.8 Å². The zero-order valence-corrected chi connectivity index (χ0v) is 18.2. The fourth-order valence-corrected chi connectivity index (χ4v) is 3.85. The molecule has 4 rings (SSSR count). The number of carbonyl (C=O) groups excluding carboxylic acids is 2. The van der Waals surface area contributed by atoms with Crippen molar-refractivity contribution in [2.24, 2.45) is 0 Å². The van der Waals surface area contributed by atoms with Gasteiger partial charge in [0.2, 0.25) is 0 Å². The second kappa shape index (κ2) is 9.25. The van der Waals surface area contributed by atoms with Crippen LogP contribution in [-0.2, 0) is 16.9 Å². The van der Waals surface area contributed by atoms with E-state index in [2.05, 4.69) is 29.4 Å². The summed E-state index contributed by atoms with van der Waals surface area (Å²) in [6, 6.07) is 9.93. The van der Waals surface area contributed by atoms with Crippen LogP contribution < -0.4 is 15.4 Å². The van der Waals surface area contributed by atoms with Gasteiger partial charge in [0.05, 0.1) is 6.54 Å². The zero-order valence-electron chi connectivity index (χ0n) is 18.2. The molecule has 1 atom stereocenters. The first kappa shape index (κ1) is 22.2. The number of fused-ring (bicyclic) bond motifs is 1. The number of urea groups is 1. The average molecular weight is 449 g/mol. The Morgan fingerprint density at radius 1 is 1.15 bits per heavy atom. The van der Waals surface area contributed by atoms with Gasteiger partial charge in [0.15, 0.2) is 11.4 Å². The molecule has 8 heteroatoms. The Labute approximate surface area is 190 Å². The van der Waals surface area contributed by atoms with Gasteiger partial charge in [0.25, 0.3) is 5.91 Å². The number of benzene rings is 2. The number of imide groups is 1. The fourth-order valence-electron chi connectivity index (χ4n) is 3.85. The molecule has 1 aliphatic rings. The van der Waals surface area contributed by atoms with Crippen molar-refractivity contribution in [1.29, 1.82) is 0 Å². The van der Waals surface area contributed by atoms with Gasteiger partial charge in [-0.2, -0.15) is 0 Å². The molecular formula is C25H24FN3O4. The minimum atomic E-state index is -1.50. The summed E-state index contributed by atoms with van der Waals surface area (Å²) < 4.78 is 20.6. The Bertz CT molecular complexity index is 1260. The quantitative estimate of drug-likeness (QED) is 0.291. The van der Waals surface area contributed by atoms with Crippen LogP contribution in [0.3, 0.4) is 0 Å². The highest BCUT2D eigenvalue weighted by atomic mass is 19.1. The first-order valence-electron chi connectivity index (χ1n) is 10.7. The summed E-state index contributed by atoms with van der Waals surface area (Å²) in [5.41, 5.74) is -1.10. The third-order valence-corrected chi connectivity index (χ3v) is 5.61. The van der Waals surface area contributed by atoms with Crippen molar-refractivity contribution in [2.75, 3.05) is 6.61 Å². The summed E-state index contributed by atoms with van der Waals surface area (Å²) in [4.78, 5) is 24.7. The average Bonchev–Trinajstić information content (AvgIpc) is 3.26. The zero-order chi connectivity index (χ0) is 23.4. The van der Waals surface area contributed by atoms with Crippen molar-refractivity contribution in [3.05, 3.63) is 60.0 Å². The Hall–Kier alpha value is -3.99. The molecule has 2 aromatic carbocycles. The Morgan fingerprint density at radius 3 is 2.64 bits per heavy atom. The van der Waals surface area contributed by atoms with Crippen LogP contribution in [0, 0.1) is 17.7 Å². The molecule has 1 aromatic heterocycles. The van der Waals surface area contributed by atoms with Crippen molar-refractivity contribution in [3.63, 3.8) is 0 Å². The van der Waals surface area contributed by atoms with Crippen LogP contribution in [0.15, 0.2) is 48.7 Å². The summed E-state index contributed by atoms with van der Waals surface area (Å²) in [7, 11) is 0. The molecule has 3 aromatic rings. The number of hydrogen-bond donors (Lipinski definition) is 3. The first-order valence-corrected chi connectivity index (χ1v) is 10.7. The summed E-state index contributed by atoms with van der Waals surface area (Å²) in [5.74, 6) is 5.45. The van der Waals surface area contributed by atoms with E-state index < -0.39 is 23.3 Å². The van der Waals surface area contributed by atoms with E-state index in [9.17, 15) is 19.1 Å². The number of aromatic nitrogens is 1. The SMILES string of the molecule is CCCCC#CCOc1ccc2cn(C[C@@]3(c4ccc(F)cc4)NC(=O)NC3=O)c(O)c2c1. The Kier molecular flexibility index (Phi) is 6.22. The van der Waals surface area contributed by atoms with E-state index in [1.165, 1.54) is 28.8 Å². The van der Waals surface area contributed by atoms with E-state index in [1.54, 1.807) is 24.4 Å². The highest BCUT2D eigenvalue weighted by Crippen LogP contribution is 2.34. The molecule has 33 heavy (non-hydrogen) atoms. The number of halogens is 1. The number of rotatable bonds is 7. The van der Waals surface area contributed by atoms with Crippen LogP contribution in [0.2, 0.25) is 0 Å². The standard InChI is InChI=1S/C25H24FN3O4/c1-2-3-4-5-6-13-33-20-12-7-17-15-29(22(30)21(17)14-20)16-25(23(31)27-24(32)28-25)18-8-10-19(26)11-9-18/h7-12,14-15,30H,2-4,13,16H2,1H3,(H2,27,28,31,32)/t25-/m0/s1. The molecule has 7 nitrogen and oxygen atoms in total. The maximum Gasteiger partial charge on any atom is 0.322 e.